The van der Waals surface area contributed by atoms with E-state index in [1.807, 2.05) is 6.92 Å². The number of rotatable bonds is 5. The summed E-state index contributed by atoms with van der Waals surface area (Å²) < 4.78 is 5.63. The molecule has 1 rings (SSSR count). The second-order valence-electron chi connectivity index (χ2n) is 4.11. The first-order valence-electron chi connectivity index (χ1n) is 5.51. The Morgan fingerprint density at radius 3 is 2.69 bits per heavy atom. The fourth-order valence-corrected chi connectivity index (χ4v) is 1.29. The van der Waals surface area contributed by atoms with Crippen LogP contribution in [-0.4, -0.2) is 17.7 Å². The average Bonchev–Trinajstić information content (AvgIpc) is 2.26. The van der Waals surface area contributed by atoms with Gasteiger partial charge in [-0.3, -0.25) is 0 Å². The van der Waals surface area contributed by atoms with Crippen LogP contribution in [0.3, 0.4) is 0 Å². The Morgan fingerprint density at radius 1 is 1.50 bits per heavy atom. The summed E-state index contributed by atoms with van der Waals surface area (Å²) in [5, 5.41) is 8.82. The molecule has 3 heteroatoms. The molecule has 1 aromatic carbocycles. The summed E-state index contributed by atoms with van der Waals surface area (Å²) in [5.41, 5.74) is 1.16. The fraction of sp³-hybridized carbons (Fsp3) is 0.462. The number of carboxylic acid groups (broad SMARTS) is 1. The van der Waals surface area contributed by atoms with Crippen molar-refractivity contribution in [3.63, 3.8) is 0 Å². The van der Waals surface area contributed by atoms with Crippen molar-refractivity contribution in [3.05, 3.63) is 29.3 Å². The molecule has 1 N–H and O–H groups in total. The van der Waals surface area contributed by atoms with Crippen LogP contribution in [0.2, 0.25) is 0 Å². The highest BCUT2D eigenvalue weighted by Gasteiger charge is 2.07. The molecule has 0 bridgehead atoms. The maximum Gasteiger partial charge on any atom is 0.335 e. The predicted molar refractivity (Wildman–Crippen MR) is 63.1 cm³/mol. The normalized spacial score (nSPS) is 12.2. The van der Waals surface area contributed by atoms with Crippen molar-refractivity contribution in [2.45, 2.75) is 27.2 Å². The van der Waals surface area contributed by atoms with Crippen LogP contribution >= 0.6 is 0 Å². The van der Waals surface area contributed by atoms with Gasteiger partial charge in [0.1, 0.15) is 5.75 Å². The fourth-order valence-electron chi connectivity index (χ4n) is 1.29. The lowest BCUT2D eigenvalue weighted by Gasteiger charge is -2.13. The molecule has 0 heterocycles. The van der Waals surface area contributed by atoms with Crippen molar-refractivity contribution >= 4 is 5.97 Å². The summed E-state index contributed by atoms with van der Waals surface area (Å²) in [6.45, 7) is 6.78. The summed E-state index contributed by atoms with van der Waals surface area (Å²) in [7, 11) is 0. The molecule has 16 heavy (non-hydrogen) atoms. The van der Waals surface area contributed by atoms with Crippen LogP contribution in [0.5, 0.6) is 5.75 Å². The smallest absolute Gasteiger partial charge is 0.335 e. The summed E-state index contributed by atoms with van der Waals surface area (Å²) in [4.78, 5) is 10.7. The molecule has 0 aliphatic heterocycles. The molecule has 0 radical (unpaired) electrons. The highest BCUT2D eigenvalue weighted by Crippen LogP contribution is 2.20. The number of hydrogen-bond donors (Lipinski definition) is 1. The van der Waals surface area contributed by atoms with Crippen molar-refractivity contribution < 1.29 is 14.6 Å². The Kier molecular flexibility index (Phi) is 4.35. The van der Waals surface area contributed by atoms with E-state index in [9.17, 15) is 4.79 Å². The maximum atomic E-state index is 10.7. The van der Waals surface area contributed by atoms with E-state index in [-0.39, 0.29) is 0 Å². The van der Waals surface area contributed by atoms with E-state index >= 15 is 0 Å². The van der Waals surface area contributed by atoms with E-state index in [0.29, 0.717) is 18.1 Å². The molecule has 1 aromatic rings. The minimum Gasteiger partial charge on any atom is -0.493 e. The zero-order valence-electron chi connectivity index (χ0n) is 9.99. The zero-order valence-corrected chi connectivity index (χ0v) is 9.99. The van der Waals surface area contributed by atoms with Gasteiger partial charge in [0.25, 0.3) is 0 Å². The first-order valence-corrected chi connectivity index (χ1v) is 5.51. The van der Waals surface area contributed by atoms with Crippen LogP contribution in [0.25, 0.3) is 0 Å². The van der Waals surface area contributed by atoms with E-state index in [2.05, 4.69) is 13.8 Å². The number of hydrogen-bond acceptors (Lipinski definition) is 2. The van der Waals surface area contributed by atoms with Gasteiger partial charge in [-0.1, -0.05) is 20.3 Å². The van der Waals surface area contributed by atoms with Gasteiger partial charge in [0.2, 0.25) is 0 Å². The molecule has 0 spiro atoms. The molecule has 0 aliphatic rings. The molecular weight excluding hydrogens is 204 g/mol. The maximum absolute atomic E-state index is 10.7. The molecule has 3 nitrogen and oxygen atoms in total. The van der Waals surface area contributed by atoms with Crippen molar-refractivity contribution in [2.75, 3.05) is 6.61 Å². The van der Waals surface area contributed by atoms with Gasteiger partial charge in [-0.25, -0.2) is 4.79 Å². The second-order valence-corrected chi connectivity index (χ2v) is 4.11. The van der Waals surface area contributed by atoms with Crippen LogP contribution in [0.15, 0.2) is 18.2 Å². The minimum absolute atomic E-state index is 0.299. The number of aryl methyl sites for hydroxylation is 1. The number of carbonyl (C=O) groups is 1. The number of benzene rings is 1. The highest BCUT2D eigenvalue weighted by molar-refractivity contribution is 5.88. The van der Waals surface area contributed by atoms with Gasteiger partial charge >= 0.3 is 5.97 Å². The first kappa shape index (κ1) is 12.6. The summed E-state index contributed by atoms with van der Waals surface area (Å²) in [5.74, 6) is 0.375. The standard InChI is InChI=1S/C13H18O3/c1-4-9(2)8-16-12-6-5-11(13(14)15)7-10(12)3/h5-7,9H,4,8H2,1-3H3,(H,14,15). The monoisotopic (exact) mass is 222 g/mol. The summed E-state index contributed by atoms with van der Waals surface area (Å²) in [6, 6.07) is 4.93. The van der Waals surface area contributed by atoms with Crippen LogP contribution in [-0.2, 0) is 0 Å². The molecule has 1 atom stereocenters. The van der Waals surface area contributed by atoms with E-state index in [4.69, 9.17) is 9.84 Å². The Bertz CT molecular complexity index is 371. The third-order valence-corrected chi connectivity index (χ3v) is 2.64. The van der Waals surface area contributed by atoms with E-state index in [1.54, 1.807) is 18.2 Å². The first-order chi connectivity index (χ1) is 7.54. The van der Waals surface area contributed by atoms with Gasteiger partial charge in [-0.2, -0.15) is 0 Å². The Labute approximate surface area is 96.1 Å². The molecule has 0 aliphatic carbocycles. The highest BCUT2D eigenvalue weighted by atomic mass is 16.5. The number of aromatic carboxylic acids is 1. The van der Waals surface area contributed by atoms with Gasteiger partial charge < -0.3 is 9.84 Å². The Balaban J connectivity index is 2.72. The van der Waals surface area contributed by atoms with Crippen molar-refractivity contribution in [3.8, 4) is 5.75 Å². The van der Waals surface area contributed by atoms with Crippen molar-refractivity contribution in [1.82, 2.24) is 0 Å². The van der Waals surface area contributed by atoms with Crippen LogP contribution in [0.4, 0.5) is 0 Å². The summed E-state index contributed by atoms with van der Waals surface area (Å²) >= 11 is 0. The van der Waals surface area contributed by atoms with Gasteiger partial charge in [-0.05, 0) is 36.6 Å². The van der Waals surface area contributed by atoms with Gasteiger partial charge in [0.15, 0.2) is 0 Å². The van der Waals surface area contributed by atoms with Crippen molar-refractivity contribution in [2.24, 2.45) is 5.92 Å². The van der Waals surface area contributed by atoms with Crippen LogP contribution in [0.1, 0.15) is 36.2 Å². The number of ether oxygens (including phenoxy) is 1. The lowest BCUT2D eigenvalue weighted by atomic mass is 10.1. The largest absolute Gasteiger partial charge is 0.493 e. The zero-order chi connectivity index (χ0) is 12.1. The second kappa shape index (κ2) is 5.54. The van der Waals surface area contributed by atoms with Crippen LogP contribution < -0.4 is 4.74 Å². The molecule has 0 aromatic heterocycles. The SMILES string of the molecule is CCC(C)COc1ccc(C(=O)O)cc1C. The number of carboxylic acids is 1. The molecule has 0 fully saturated rings. The quantitative estimate of drug-likeness (QED) is 0.832. The van der Waals surface area contributed by atoms with Crippen molar-refractivity contribution in [1.29, 1.82) is 0 Å². The molecule has 0 saturated heterocycles. The Morgan fingerprint density at radius 2 is 2.19 bits per heavy atom. The molecular formula is C13H18O3. The predicted octanol–water partition coefficient (Wildman–Crippen LogP) is 3.12. The Hall–Kier alpha value is -1.51. The average molecular weight is 222 g/mol. The topological polar surface area (TPSA) is 46.5 Å². The van der Waals surface area contributed by atoms with E-state index < -0.39 is 5.97 Å². The van der Waals surface area contributed by atoms with Gasteiger partial charge in [-0.15, -0.1) is 0 Å². The minimum atomic E-state index is -0.906. The molecule has 88 valence electrons. The molecule has 0 amide bonds. The van der Waals surface area contributed by atoms with E-state index in [1.165, 1.54) is 0 Å². The van der Waals surface area contributed by atoms with Gasteiger partial charge in [0.05, 0.1) is 12.2 Å². The summed E-state index contributed by atoms with van der Waals surface area (Å²) in [6.07, 6.45) is 1.08. The lowest BCUT2D eigenvalue weighted by Crippen LogP contribution is -2.08. The third-order valence-electron chi connectivity index (χ3n) is 2.64. The van der Waals surface area contributed by atoms with Crippen LogP contribution in [0, 0.1) is 12.8 Å². The van der Waals surface area contributed by atoms with Gasteiger partial charge in [0, 0.05) is 0 Å². The van der Waals surface area contributed by atoms with E-state index in [0.717, 1.165) is 17.7 Å². The third kappa shape index (κ3) is 3.26. The molecule has 1 unspecified atom stereocenters. The lowest BCUT2D eigenvalue weighted by molar-refractivity contribution is 0.0696. The molecule has 0 saturated carbocycles.